The van der Waals surface area contributed by atoms with Crippen LogP contribution in [0.3, 0.4) is 0 Å². The van der Waals surface area contributed by atoms with Crippen molar-refractivity contribution in [2.45, 2.75) is 59.4 Å². The number of anilines is 1. The molecule has 2 aromatic rings. The molecule has 0 spiro atoms. The number of rotatable bonds is 13. The van der Waals surface area contributed by atoms with Gasteiger partial charge in [-0.15, -0.1) is 0 Å². The molecule has 0 aliphatic heterocycles. The van der Waals surface area contributed by atoms with Crippen LogP contribution in [0.25, 0.3) is 0 Å². The van der Waals surface area contributed by atoms with Crippen molar-refractivity contribution < 1.29 is 18.0 Å². The maximum atomic E-state index is 13.7. The Morgan fingerprint density at radius 1 is 1.03 bits per heavy atom. The Morgan fingerprint density at radius 2 is 1.71 bits per heavy atom. The van der Waals surface area contributed by atoms with Crippen molar-refractivity contribution >= 4 is 27.5 Å². The maximum absolute atomic E-state index is 13.7. The van der Waals surface area contributed by atoms with Gasteiger partial charge in [0.15, 0.2) is 0 Å². The van der Waals surface area contributed by atoms with Gasteiger partial charge in [-0.1, -0.05) is 62.7 Å². The molecule has 0 heterocycles. The number of unbranched alkanes of at least 4 members (excludes halogenated alkanes) is 1. The maximum Gasteiger partial charge on any atom is 0.244 e. The summed E-state index contributed by atoms with van der Waals surface area (Å²) in [5.41, 5.74) is 3.17. The second-order valence-electron chi connectivity index (χ2n) is 8.95. The van der Waals surface area contributed by atoms with Gasteiger partial charge in [0, 0.05) is 13.1 Å². The molecule has 7 nitrogen and oxygen atoms in total. The Balaban J connectivity index is 2.37. The summed E-state index contributed by atoms with van der Waals surface area (Å²) in [6, 6.07) is 14.6. The molecule has 0 aromatic heterocycles. The lowest BCUT2D eigenvalue weighted by atomic mass is 10.1. The van der Waals surface area contributed by atoms with Gasteiger partial charge in [-0.3, -0.25) is 13.9 Å². The first-order chi connectivity index (χ1) is 16.6. The molecule has 0 fully saturated rings. The zero-order valence-corrected chi connectivity index (χ0v) is 22.4. The third kappa shape index (κ3) is 8.38. The van der Waals surface area contributed by atoms with E-state index in [0.29, 0.717) is 31.6 Å². The van der Waals surface area contributed by atoms with Crippen LogP contribution in [0.5, 0.6) is 0 Å². The number of carbonyl (C=O) groups excluding carboxylic acids is 2. The first kappa shape index (κ1) is 28.4. The fourth-order valence-electron chi connectivity index (χ4n) is 3.98. The summed E-state index contributed by atoms with van der Waals surface area (Å²) in [4.78, 5) is 28.2. The van der Waals surface area contributed by atoms with E-state index in [9.17, 15) is 18.0 Å². The van der Waals surface area contributed by atoms with E-state index in [0.717, 1.165) is 40.1 Å². The van der Waals surface area contributed by atoms with Crippen LogP contribution in [-0.2, 0) is 26.0 Å². The van der Waals surface area contributed by atoms with Crippen LogP contribution in [0, 0.1) is 13.8 Å². The van der Waals surface area contributed by atoms with Crippen LogP contribution < -0.4 is 9.62 Å². The lowest BCUT2D eigenvalue weighted by Gasteiger charge is -2.33. The Bertz CT molecular complexity index is 1090. The van der Waals surface area contributed by atoms with Crippen molar-refractivity contribution in [1.82, 2.24) is 10.2 Å². The predicted octanol–water partition coefficient (Wildman–Crippen LogP) is 3.84. The summed E-state index contributed by atoms with van der Waals surface area (Å²) in [6.07, 6.45) is 3.90. The Labute approximate surface area is 210 Å². The van der Waals surface area contributed by atoms with Gasteiger partial charge >= 0.3 is 0 Å². The highest BCUT2D eigenvalue weighted by Gasteiger charge is 2.31. The molecule has 2 rings (SSSR count). The van der Waals surface area contributed by atoms with E-state index in [-0.39, 0.29) is 12.5 Å². The van der Waals surface area contributed by atoms with Crippen molar-refractivity contribution in [1.29, 1.82) is 0 Å². The highest BCUT2D eigenvalue weighted by molar-refractivity contribution is 7.92. The quantitative estimate of drug-likeness (QED) is 0.423. The summed E-state index contributed by atoms with van der Waals surface area (Å²) in [5, 5.41) is 2.94. The second kappa shape index (κ2) is 13.3. The fraction of sp³-hybridized carbons (Fsp3) is 0.481. The zero-order valence-electron chi connectivity index (χ0n) is 21.6. The minimum absolute atomic E-state index is 0.208. The molecule has 0 saturated carbocycles. The van der Waals surface area contributed by atoms with Crippen molar-refractivity contribution in [3.05, 3.63) is 65.2 Å². The van der Waals surface area contributed by atoms with E-state index in [2.05, 4.69) is 5.32 Å². The molecule has 8 heteroatoms. The summed E-state index contributed by atoms with van der Waals surface area (Å²) < 4.78 is 26.7. The van der Waals surface area contributed by atoms with E-state index >= 15 is 0 Å². The Kier molecular flexibility index (Phi) is 10.8. The molecule has 0 radical (unpaired) electrons. The standard InChI is InChI=1S/C27H39N3O4S/c1-6-8-17-28-27(32)24(7-2)29(18-16-23-12-10-9-11-13-23)26(31)20-30(35(5,33)34)25-19-21(3)14-15-22(25)4/h9-15,19,24H,6-8,16-18,20H2,1-5H3,(H,28,32). The summed E-state index contributed by atoms with van der Waals surface area (Å²) in [6.45, 7) is 8.11. The van der Waals surface area contributed by atoms with E-state index < -0.39 is 22.0 Å². The van der Waals surface area contributed by atoms with E-state index in [1.54, 1.807) is 6.07 Å². The largest absolute Gasteiger partial charge is 0.354 e. The number of amides is 2. The second-order valence-corrected chi connectivity index (χ2v) is 10.9. The smallest absolute Gasteiger partial charge is 0.244 e. The van der Waals surface area contributed by atoms with Gasteiger partial charge in [0.2, 0.25) is 21.8 Å². The molecule has 1 atom stereocenters. The molecule has 0 aliphatic rings. The number of nitrogens with one attached hydrogen (secondary N) is 1. The number of benzene rings is 2. The van der Waals surface area contributed by atoms with Crippen LogP contribution in [0.2, 0.25) is 0 Å². The molecule has 1 N–H and O–H groups in total. The summed E-state index contributed by atoms with van der Waals surface area (Å²) in [5.74, 6) is -0.607. The van der Waals surface area contributed by atoms with Crippen molar-refractivity contribution in [3.8, 4) is 0 Å². The average molecular weight is 502 g/mol. The van der Waals surface area contributed by atoms with Crippen LogP contribution in [-0.4, -0.2) is 57.1 Å². The Morgan fingerprint density at radius 3 is 2.31 bits per heavy atom. The van der Waals surface area contributed by atoms with Gasteiger partial charge in [0.25, 0.3) is 0 Å². The fourth-order valence-corrected chi connectivity index (χ4v) is 4.88. The van der Waals surface area contributed by atoms with Gasteiger partial charge in [0.05, 0.1) is 11.9 Å². The Hall–Kier alpha value is -2.87. The molecular weight excluding hydrogens is 462 g/mol. The molecule has 0 saturated heterocycles. The zero-order chi connectivity index (χ0) is 26.0. The number of carbonyl (C=O) groups is 2. The van der Waals surface area contributed by atoms with Gasteiger partial charge in [-0.2, -0.15) is 0 Å². The van der Waals surface area contributed by atoms with E-state index in [1.165, 1.54) is 4.90 Å². The molecule has 0 aliphatic carbocycles. The van der Waals surface area contributed by atoms with Gasteiger partial charge in [-0.05, 0) is 55.9 Å². The van der Waals surface area contributed by atoms with Gasteiger partial charge < -0.3 is 10.2 Å². The average Bonchev–Trinajstić information content (AvgIpc) is 2.81. The highest BCUT2D eigenvalue weighted by atomic mass is 32.2. The molecule has 1 unspecified atom stereocenters. The SMILES string of the molecule is CCCCNC(=O)C(CC)N(CCc1ccccc1)C(=O)CN(c1cc(C)ccc1C)S(C)(=O)=O. The predicted molar refractivity (Wildman–Crippen MR) is 142 cm³/mol. The van der Waals surface area contributed by atoms with Gasteiger partial charge in [-0.25, -0.2) is 8.42 Å². The molecule has 2 amide bonds. The first-order valence-electron chi connectivity index (χ1n) is 12.2. The lowest BCUT2D eigenvalue weighted by Crippen LogP contribution is -2.53. The molecule has 0 bridgehead atoms. The normalized spacial score (nSPS) is 12.1. The summed E-state index contributed by atoms with van der Waals surface area (Å²) in [7, 11) is -3.74. The summed E-state index contributed by atoms with van der Waals surface area (Å²) >= 11 is 0. The number of aryl methyl sites for hydroxylation is 2. The van der Waals surface area contributed by atoms with E-state index in [1.807, 2.05) is 70.2 Å². The third-order valence-corrected chi connectivity index (χ3v) is 7.14. The third-order valence-electron chi connectivity index (χ3n) is 6.01. The molecule has 192 valence electrons. The van der Waals surface area contributed by atoms with Crippen molar-refractivity contribution in [2.24, 2.45) is 0 Å². The molecule has 2 aromatic carbocycles. The van der Waals surface area contributed by atoms with Crippen molar-refractivity contribution in [3.63, 3.8) is 0 Å². The van der Waals surface area contributed by atoms with E-state index in [4.69, 9.17) is 0 Å². The first-order valence-corrected chi connectivity index (χ1v) is 14.1. The lowest BCUT2D eigenvalue weighted by molar-refractivity contribution is -0.139. The van der Waals surface area contributed by atoms with Crippen LogP contribution >= 0.6 is 0 Å². The number of hydrogen-bond donors (Lipinski definition) is 1. The minimum atomic E-state index is -3.74. The van der Waals surface area contributed by atoms with Crippen molar-refractivity contribution in [2.75, 3.05) is 30.2 Å². The van der Waals surface area contributed by atoms with Crippen LogP contribution in [0.4, 0.5) is 5.69 Å². The molecule has 35 heavy (non-hydrogen) atoms. The van der Waals surface area contributed by atoms with Crippen LogP contribution in [0.1, 0.15) is 49.8 Å². The molecular formula is C27H39N3O4S. The number of nitrogens with zero attached hydrogens (tertiary/aromatic N) is 2. The topological polar surface area (TPSA) is 86.8 Å². The minimum Gasteiger partial charge on any atom is -0.354 e. The highest BCUT2D eigenvalue weighted by Crippen LogP contribution is 2.24. The van der Waals surface area contributed by atoms with Gasteiger partial charge in [0.1, 0.15) is 12.6 Å². The number of sulfonamides is 1. The monoisotopic (exact) mass is 501 g/mol. The van der Waals surface area contributed by atoms with Crippen LogP contribution in [0.15, 0.2) is 48.5 Å². The number of hydrogen-bond acceptors (Lipinski definition) is 4.